The third-order valence-corrected chi connectivity index (χ3v) is 11.5. The van der Waals surface area contributed by atoms with Gasteiger partial charge in [-0.1, -0.05) is 72.8 Å². The quantitative estimate of drug-likeness (QED) is 0.0916. The van der Waals surface area contributed by atoms with Gasteiger partial charge in [-0.25, -0.2) is 9.97 Å². The minimum atomic E-state index is 0.686. The van der Waals surface area contributed by atoms with Crippen LogP contribution in [0.1, 0.15) is 0 Å². The van der Waals surface area contributed by atoms with Crippen LogP contribution in [0.4, 0.5) is 0 Å². The number of imidazole rings is 2. The van der Waals surface area contributed by atoms with Crippen molar-refractivity contribution in [1.82, 2.24) is 29.9 Å². The van der Waals surface area contributed by atoms with E-state index < -0.39 is 0 Å². The summed E-state index contributed by atoms with van der Waals surface area (Å²) in [5, 5.41) is 0. The van der Waals surface area contributed by atoms with E-state index in [-0.39, 0.29) is 0 Å². The Bertz CT molecular complexity index is 3260. The SMILES string of the molecule is COc1cccc(-c2cc(-c3cccc(-c4c[nH]c(-c5ccc(-c6ccc(-c7nc(-c8cccc(-c9c[nH]c(-c%10ccccc%10OC)n9)c8)c[nH]7)c(OC)c6)c(OC)c5)c4)c3)c[nH]2)c1. The molecule has 10 aromatic rings. The van der Waals surface area contributed by atoms with Crippen LogP contribution >= 0.6 is 0 Å². The van der Waals surface area contributed by atoms with Crippen LogP contribution in [0.2, 0.25) is 0 Å². The van der Waals surface area contributed by atoms with Gasteiger partial charge in [0.15, 0.2) is 0 Å². The summed E-state index contributed by atoms with van der Waals surface area (Å²) in [4.78, 5) is 23.5. The number of aromatic nitrogens is 6. The number of methoxy groups -OCH3 is 4. The number of ether oxygens (including phenoxy) is 4. The van der Waals surface area contributed by atoms with E-state index in [0.717, 1.165) is 113 Å². The normalized spacial score (nSPS) is 11.1. The molecular weight excluding hydrogens is 797 g/mol. The first-order valence-corrected chi connectivity index (χ1v) is 20.8. The van der Waals surface area contributed by atoms with E-state index in [0.29, 0.717) is 11.6 Å². The zero-order valence-electron chi connectivity index (χ0n) is 35.7. The number of nitrogens with one attached hydrogen (secondary N) is 4. The first-order valence-electron chi connectivity index (χ1n) is 20.8. The summed E-state index contributed by atoms with van der Waals surface area (Å²) < 4.78 is 22.9. The topological polar surface area (TPSA) is 126 Å². The number of hydrogen-bond donors (Lipinski definition) is 4. The van der Waals surface area contributed by atoms with Crippen molar-refractivity contribution in [2.45, 2.75) is 0 Å². The fourth-order valence-electron chi connectivity index (χ4n) is 8.17. The Balaban J connectivity index is 0.865. The van der Waals surface area contributed by atoms with Crippen molar-refractivity contribution in [3.05, 3.63) is 170 Å². The summed E-state index contributed by atoms with van der Waals surface area (Å²) >= 11 is 0. The maximum absolute atomic E-state index is 5.99. The van der Waals surface area contributed by atoms with Crippen LogP contribution in [-0.4, -0.2) is 58.3 Å². The molecule has 0 unspecified atom stereocenters. The second-order valence-corrected chi connectivity index (χ2v) is 15.3. The molecule has 0 aliphatic rings. The van der Waals surface area contributed by atoms with E-state index in [2.05, 4.69) is 92.7 Å². The van der Waals surface area contributed by atoms with Gasteiger partial charge in [0, 0.05) is 64.0 Å². The minimum Gasteiger partial charge on any atom is -0.497 e. The molecule has 0 spiro atoms. The maximum Gasteiger partial charge on any atom is 0.141 e. The summed E-state index contributed by atoms with van der Waals surface area (Å²) in [5.74, 6) is 4.46. The molecule has 64 heavy (non-hydrogen) atoms. The van der Waals surface area contributed by atoms with Crippen molar-refractivity contribution < 1.29 is 18.9 Å². The lowest BCUT2D eigenvalue weighted by atomic mass is 9.98. The molecular formula is C54H44N6O4. The largest absolute Gasteiger partial charge is 0.497 e. The molecule has 4 heterocycles. The third kappa shape index (κ3) is 7.69. The second-order valence-electron chi connectivity index (χ2n) is 15.3. The second kappa shape index (κ2) is 17.1. The number of aromatic amines is 4. The molecule has 10 heteroatoms. The first kappa shape index (κ1) is 39.6. The minimum absolute atomic E-state index is 0.686. The van der Waals surface area contributed by atoms with E-state index in [1.165, 1.54) is 0 Å². The highest BCUT2D eigenvalue weighted by atomic mass is 16.5. The molecule has 6 aromatic carbocycles. The van der Waals surface area contributed by atoms with Gasteiger partial charge in [-0.05, 0) is 101 Å². The Hall–Kier alpha value is -8.50. The summed E-state index contributed by atoms with van der Waals surface area (Å²) in [5.41, 5.74) is 15.8. The fraction of sp³-hybridized carbons (Fsp3) is 0.0741. The Kier molecular flexibility index (Phi) is 10.6. The molecule has 0 aliphatic carbocycles. The number of H-pyrrole nitrogens is 4. The first-order chi connectivity index (χ1) is 31.5. The van der Waals surface area contributed by atoms with Crippen molar-refractivity contribution in [2.24, 2.45) is 0 Å². The lowest BCUT2D eigenvalue weighted by Crippen LogP contribution is -1.93. The molecule has 0 amide bonds. The summed E-state index contributed by atoms with van der Waals surface area (Å²) in [6.45, 7) is 0. The van der Waals surface area contributed by atoms with Crippen molar-refractivity contribution >= 4 is 0 Å². The predicted octanol–water partition coefficient (Wildman–Crippen LogP) is 12.8. The average molecular weight is 841 g/mol. The van der Waals surface area contributed by atoms with Crippen molar-refractivity contribution in [2.75, 3.05) is 28.4 Å². The van der Waals surface area contributed by atoms with E-state index in [1.54, 1.807) is 28.4 Å². The number of hydrogen-bond acceptors (Lipinski definition) is 6. The highest BCUT2D eigenvalue weighted by Gasteiger charge is 2.17. The molecule has 314 valence electrons. The van der Waals surface area contributed by atoms with Crippen LogP contribution in [0.3, 0.4) is 0 Å². The molecule has 4 aromatic heterocycles. The highest BCUT2D eigenvalue weighted by Crippen LogP contribution is 2.40. The smallest absolute Gasteiger partial charge is 0.141 e. The van der Waals surface area contributed by atoms with Gasteiger partial charge in [-0.2, -0.15) is 0 Å². The van der Waals surface area contributed by atoms with Gasteiger partial charge in [0.1, 0.15) is 34.6 Å². The summed E-state index contributed by atoms with van der Waals surface area (Å²) in [7, 11) is 6.72. The molecule has 0 saturated heterocycles. The van der Waals surface area contributed by atoms with Crippen LogP contribution in [0.25, 0.3) is 101 Å². The zero-order valence-corrected chi connectivity index (χ0v) is 35.7. The van der Waals surface area contributed by atoms with Gasteiger partial charge in [-0.3, -0.25) is 0 Å². The molecule has 0 saturated carbocycles. The Morgan fingerprint density at radius 1 is 0.328 bits per heavy atom. The fourth-order valence-corrected chi connectivity index (χ4v) is 8.17. The van der Waals surface area contributed by atoms with E-state index >= 15 is 0 Å². The van der Waals surface area contributed by atoms with Gasteiger partial charge in [0.2, 0.25) is 0 Å². The number of benzene rings is 6. The van der Waals surface area contributed by atoms with E-state index in [9.17, 15) is 0 Å². The van der Waals surface area contributed by atoms with Gasteiger partial charge in [0.05, 0.1) is 51.0 Å². The summed E-state index contributed by atoms with van der Waals surface area (Å²) in [6, 6.07) is 49.4. The Morgan fingerprint density at radius 3 is 1.47 bits per heavy atom. The van der Waals surface area contributed by atoms with Crippen LogP contribution in [0, 0.1) is 0 Å². The van der Waals surface area contributed by atoms with Crippen LogP contribution < -0.4 is 18.9 Å². The van der Waals surface area contributed by atoms with Crippen LogP contribution in [-0.2, 0) is 0 Å². The molecule has 0 bridgehead atoms. The molecule has 0 aliphatic heterocycles. The number of nitrogens with zero attached hydrogens (tertiary/aromatic N) is 2. The molecule has 10 nitrogen and oxygen atoms in total. The van der Waals surface area contributed by atoms with Crippen molar-refractivity contribution in [1.29, 1.82) is 0 Å². The van der Waals surface area contributed by atoms with E-state index in [4.69, 9.17) is 28.9 Å². The predicted molar refractivity (Wildman–Crippen MR) is 255 cm³/mol. The Morgan fingerprint density at radius 2 is 0.828 bits per heavy atom. The monoisotopic (exact) mass is 840 g/mol. The lowest BCUT2D eigenvalue weighted by molar-refractivity contribution is 0.414. The van der Waals surface area contributed by atoms with Crippen LogP contribution in [0.15, 0.2) is 170 Å². The van der Waals surface area contributed by atoms with Crippen LogP contribution in [0.5, 0.6) is 23.0 Å². The van der Waals surface area contributed by atoms with Crippen molar-refractivity contribution in [3.8, 4) is 124 Å². The lowest BCUT2D eigenvalue weighted by Gasteiger charge is -2.13. The van der Waals surface area contributed by atoms with Crippen molar-refractivity contribution in [3.63, 3.8) is 0 Å². The van der Waals surface area contributed by atoms with Gasteiger partial charge < -0.3 is 38.9 Å². The van der Waals surface area contributed by atoms with Gasteiger partial charge in [-0.15, -0.1) is 0 Å². The Labute approximate surface area is 370 Å². The molecule has 4 N–H and O–H groups in total. The average Bonchev–Trinajstić information content (AvgIpc) is 4.22. The molecule has 0 radical (unpaired) electrons. The van der Waals surface area contributed by atoms with Gasteiger partial charge in [0.25, 0.3) is 0 Å². The maximum atomic E-state index is 5.99. The molecule has 10 rings (SSSR count). The van der Waals surface area contributed by atoms with E-state index in [1.807, 2.05) is 97.6 Å². The summed E-state index contributed by atoms with van der Waals surface area (Å²) in [6.07, 6.45) is 7.92. The standard InChI is InChI=1S/C54H44N6O4/c1-61-42-15-9-14-38(24-42)46-25-40(29-55-46)33-10-7-11-34(22-33)41-26-47(56-30-41)39-19-20-43(51(28-39)63-3)35-18-21-45(52(27-35)64-4)54-58-32-49(60-54)37-13-8-12-36(23-37)48-31-57-53(59-48)44-16-5-6-17-50(44)62-2/h5-32,55-56H,1-4H3,(H,57,59)(H,58,60). The highest BCUT2D eigenvalue weighted by molar-refractivity contribution is 5.82. The third-order valence-electron chi connectivity index (χ3n) is 11.5. The zero-order chi connectivity index (χ0) is 43.6. The molecule has 0 fully saturated rings. The number of para-hydroxylation sites is 1. The molecule has 0 atom stereocenters. The number of rotatable bonds is 13. The van der Waals surface area contributed by atoms with Gasteiger partial charge >= 0.3 is 0 Å².